The minimum absolute atomic E-state index is 0.0213. The van der Waals surface area contributed by atoms with Gasteiger partial charge in [-0.15, -0.1) is 0 Å². The van der Waals surface area contributed by atoms with Gasteiger partial charge in [0.2, 0.25) is 10.0 Å². The second-order valence-electron chi connectivity index (χ2n) is 5.08. The molecule has 1 aromatic rings. The fourth-order valence-corrected chi connectivity index (χ4v) is 2.83. The predicted octanol–water partition coefficient (Wildman–Crippen LogP) is 2.39. The Hall–Kier alpha value is -1.56. The summed E-state index contributed by atoms with van der Waals surface area (Å²) in [5.74, 6) is -0.159. The highest BCUT2D eigenvalue weighted by atomic mass is 32.2. The Morgan fingerprint density at radius 2 is 2.00 bits per heavy atom. The summed E-state index contributed by atoms with van der Waals surface area (Å²) in [6.45, 7) is 5.61. The molecule has 1 rings (SSSR count). The molecule has 0 unspecified atom stereocenters. The molecule has 5 nitrogen and oxygen atoms in total. The average molecular weight is 312 g/mol. The lowest BCUT2D eigenvalue weighted by Crippen LogP contribution is -2.33. The first kappa shape index (κ1) is 17.5. The molecule has 1 amide bonds. The molecule has 0 bridgehead atoms. The van der Waals surface area contributed by atoms with E-state index in [9.17, 15) is 13.2 Å². The Bertz CT molecular complexity index is 584. The van der Waals surface area contributed by atoms with Gasteiger partial charge >= 0.3 is 0 Å². The van der Waals surface area contributed by atoms with E-state index in [0.717, 1.165) is 12.8 Å². The van der Waals surface area contributed by atoms with Crippen molar-refractivity contribution in [2.45, 2.75) is 39.7 Å². The van der Waals surface area contributed by atoms with Crippen LogP contribution in [0, 0.1) is 0 Å². The van der Waals surface area contributed by atoms with Crippen LogP contribution < -0.4 is 9.62 Å². The quantitative estimate of drug-likeness (QED) is 0.840. The van der Waals surface area contributed by atoms with Gasteiger partial charge in [-0.05, 0) is 38.5 Å². The molecule has 0 aliphatic heterocycles. The van der Waals surface area contributed by atoms with Crippen LogP contribution in [0.4, 0.5) is 5.69 Å². The van der Waals surface area contributed by atoms with Crippen LogP contribution in [0.25, 0.3) is 0 Å². The zero-order valence-corrected chi connectivity index (χ0v) is 13.9. The smallest absolute Gasteiger partial charge is 0.251 e. The summed E-state index contributed by atoms with van der Waals surface area (Å²) in [6, 6.07) is 6.75. The summed E-state index contributed by atoms with van der Waals surface area (Å²) in [5.41, 5.74) is 0.959. The van der Waals surface area contributed by atoms with Crippen LogP contribution in [-0.2, 0) is 10.0 Å². The number of carbonyl (C=O) groups excluding carboxylic acids is 1. The molecule has 6 heteroatoms. The molecule has 1 aromatic carbocycles. The maximum atomic E-state index is 12.1. The molecule has 0 saturated heterocycles. The molecule has 0 radical (unpaired) electrons. The molecule has 21 heavy (non-hydrogen) atoms. The minimum atomic E-state index is -3.32. The van der Waals surface area contributed by atoms with Gasteiger partial charge in [-0.1, -0.05) is 19.4 Å². The van der Waals surface area contributed by atoms with Crippen LogP contribution >= 0.6 is 0 Å². The van der Waals surface area contributed by atoms with Crippen molar-refractivity contribution in [3.63, 3.8) is 0 Å². The van der Waals surface area contributed by atoms with E-state index in [1.807, 2.05) is 6.92 Å². The second kappa shape index (κ2) is 7.45. The highest BCUT2D eigenvalue weighted by molar-refractivity contribution is 7.92. The maximum absolute atomic E-state index is 12.1. The van der Waals surface area contributed by atoms with E-state index < -0.39 is 10.0 Å². The van der Waals surface area contributed by atoms with E-state index in [4.69, 9.17) is 0 Å². The van der Waals surface area contributed by atoms with Crippen LogP contribution in [0.15, 0.2) is 24.3 Å². The topological polar surface area (TPSA) is 66.5 Å². The standard InChI is InChI=1S/C15H24N2O3S/c1-5-8-12(3)16-15(18)13-9-7-10-14(11-13)17(4)21(19,20)6-2/h7,9-12H,5-6,8H2,1-4H3,(H,16,18)/t12-/m0/s1. The lowest BCUT2D eigenvalue weighted by Gasteiger charge is -2.19. The zero-order valence-electron chi connectivity index (χ0n) is 13.1. The predicted molar refractivity (Wildman–Crippen MR) is 86.1 cm³/mol. The van der Waals surface area contributed by atoms with Gasteiger partial charge in [0.1, 0.15) is 0 Å². The van der Waals surface area contributed by atoms with Gasteiger partial charge in [0.05, 0.1) is 11.4 Å². The molecule has 0 aromatic heterocycles. The van der Waals surface area contributed by atoms with Gasteiger partial charge in [-0.2, -0.15) is 0 Å². The number of anilines is 1. The molecular formula is C15H24N2O3S. The maximum Gasteiger partial charge on any atom is 0.251 e. The van der Waals surface area contributed by atoms with Crippen molar-refractivity contribution >= 4 is 21.6 Å². The molecule has 0 heterocycles. The fraction of sp³-hybridized carbons (Fsp3) is 0.533. The number of nitrogens with zero attached hydrogens (tertiary/aromatic N) is 1. The first-order valence-electron chi connectivity index (χ1n) is 7.19. The van der Waals surface area contributed by atoms with E-state index in [1.54, 1.807) is 31.2 Å². The van der Waals surface area contributed by atoms with Crippen molar-refractivity contribution < 1.29 is 13.2 Å². The Labute approximate surface area is 127 Å². The first-order valence-corrected chi connectivity index (χ1v) is 8.80. The molecule has 1 atom stereocenters. The summed E-state index contributed by atoms with van der Waals surface area (Å²) >= 11 is 0. The molecular weight excluding hydrogens is 288 g/mol. The third-order valence-electron chi connectivity index (χ3n) is 3.35. The normalized spacial score (nSPS) is 12.8. The van der Waals surface area contributed by atoms with E-state index >= 15 is 0 Å². The third-order valence-corrected chi connectivity index (χ3v) is 5.13. The van der Waals surface area contributed by atoms with Crippen molar-refractivity contribution in [2.75, 3.05) is 17.1 Å². The summed E-state index contributed by atoms with van der Waals surface area (Å²) in [4.78, 5) is 12.1. The summed E-state index contributed by atoms with van der Waals surface area (Å²) in [5, 5.41) is 2.91. The number of rotatable bonds is 7. The van der Waals surface area contributed by atoms with Crippen LogP contribution in [0.5, 0.6) is 0 Å². The van der Waals surface area contributed by atoms with Crippen molar-refractivity contribution in [1.82, 2.24) is 5.32 Å². The Morgan fingerprint density at radius 1 is 1.33 bits per heavy atom. The lowest BCUT2D eigenvalue weighted by atomic mass is 10.1. The van der Waals surface area contributed by atoms with Crippen molar-refractivity contribution in [1.29, 1.82) is 0 Å². The second-order valence-corrected chi connectivity index (χ2v) is 7.37. The Balaban J connectivity index is 2.93. The molecule has 0 spiro atoms. The number of hydrogen-bond acceptors (Lipinski definition) is 3. The van der Waals surface area contributed by atoms with Gasteiger partial charge in [-0.3, -0.25) is 9.10 Å². The van der Waals surface area contributed by atoms with Crippen LogP contribution in [0.1, 0.15) is 44.0 Å². The summed E-state index contributed by atoms with van der Waals surface area (Å²) < 4.78 is 24.9. The number of hydrogen-bond donors (Lipinski definition) is 1. The van der Waals surface area contributed by atoms with Crippen LogP contribution in [-0.4, -0.2) is 33.2 Å². The van der Waals surface area contributed by atoms with Crippen molar-refractivity contribution in [3.8, 4) is 0 Å². The van der Waals surface area contributed by atoms with Crippen molar-refractivity contribution in [3.05, 3.63) is 29.8 Å². The van der Waals surface area contributed by atoms with E-state index in [1.165, 1.54) is 11.4 Å². The number of sulfonamides is 1. The SMILES string of the molecule is CCC[C@H](C)NC(=O)c1cccc(N(C)S(=O)(=O)CC)c1. The first-order chi connectivity index (χ1) is 9.81. The van der Waals surface area contributed by atoms with Gasteiger partial charge < -0.3 is 5.32 Å². The summed E-state index contributed by atoms with van der Waals surface area (Å²) in [6.07, 6.45) is 1.91. The summed E-state index contributed by atoms with van der Waals surface area (Å²) in [7, 11) is -1.83. The zero-order chi connectivity index (χ0) is 16.0. The Kier molecular flexibility index (Phi) is 6.20. The highest BCUT2D eigenvalue weighted by Crippen LogP contribution is 2.18. The van der Waals surface area contributed by atoms with E-state index in [-0.39, 0.29) is 17.7 Å². The molecule has 0 aliphatic rings. The van der Waals surface area contributed by atoms with Gasteiger partial charge in [0.15, 0.2) is 0 Å². The number of nitrogens with one attached hydrogen (secondary N) is 1. The minimum Gasteiger partial charge on any atom is -0.350 e. The van der Waals surface area contributed by atoms with Gasteiger partial charge in [0, 0.05) is 18.7 Å². The molecule has 118 valence electrons. The Morgan fingerprint density at radius 3 is 2.57 bits per heavy atom. The van der Waals surface area contributed by atoms with E-state index in [0.29, 0.717) is 11.3 Å². The lowest BCUT2D eigenvalue weighted by molar-refractivity contribution is 0.0938. The van der Waals surface area contributed by atoms with Crippen LogP contribution in [0.2, 0.25) is 0 Å². The van der Waals surface area contributed by atoms with Gasteiger partial charge in [-0.25, -0.2) is 8.42 Å². The number of carbonyl (C=O) groups is 1. The van der Waals surface area contributed by atoms with Gasteiger partial charge in [0.25, 0.3) is 5.91 Å². The molecule has 1 N–H and O–H groups in total. The monoisotopic (exact) mass is 312 g/mol. The number of amides is 1. The average Bonchev–Trinajstić information content (AvgIpc) is 2.46. The molecule has 0 fully saturated rings. The van der Waals surface area contributed by atoms with Crippen LogP contribution in [0.3, 0.4) is 0 Å². The number of benzene rings is 1. The molecule has 0 aliphatic carbocycles. The third kappa shape index (κ3) is 4.74. The highest BCUT2D eigenvalue weighted by Gasteiger charge is 2.17. The van der Waals surface area contributed by atoms with E-state index in [2.05, 4.69) is 12.2 Å². The van der Waals surface area contributed by atoms with Crippen molar-refractivity contribution in [2.24, 2.45) is 0 Å². The molecule has 0 saturated carbocycles. The fourth-order valence-electron chi connectivity index (χ4n) is 2.01. The largest absolute Gasteiger partial charge is 0.350 e.